The number of amides is 2. The molecule has 1 unspecified atom stereocenters. The first-order valence-electron chi connectivity index (χ1n) is 10.6. The maximum Gasteiger partial charge on any atom is 0.247 e. The van der Waals surface area contributed by atoms with Crippen molar-refractivity contribution in [2.24, 2.45) is 0 Å². The number of ether oxygens (including phenoxy) is 1. The van der Waals surface area contributed by atoms with Gasteiger partial charge in [-0.1, -0.05) is 47.7 Å². The zero-order chi connectivity index (χ0) is 23.0. The van der Waals surface area contributed by atoms with E-state index in [-0.39, 0.29) is 38.1 Å². The summed E-state index contributed by atoms with van der Waals surface area (Å²) in [6.45, 7) is 0.669. The fraction of sp³-hybridized carbons (Fsp3) is 0.250. The van der Waals surface area contributed by atoms with Gasteiger partial charge in [0, 0.05) is 13.7 Å². The molecule has 2 aromatic carbocycles. The van der Waals surface area contributed by atoms with Crippen LogP contribution in [0.25, 0.3) is 11.0 Å². The van der Waals surface area contributed by atoms with E-state index in [0.29, 0.717) is 16.8 Å². The number of carbonyl (C=O) groups is 2. The fourth-order valence-corrected chi connectivity index (χ4v) is 3.63. The van der Waals surface area contributed by atoms with Crippen LogP contribution in [0.3, 0.4) is 0 Å². The summed E-state index contributed by atoms with van der Waals surface area (Å²) in [5, 5.41) is 11.1. The van der Waals surface area contributed by atoms with Crippen LogP contribution in [-0.2, 0) is 27.4 Å². The summed E-state index contributed by atoms with van der Waals surface area (Å²) >= 11 is 0. The summed E-state index contributed by atoms with van der Waals surface area (Å²) in [6, 6.07) is 19.3. The lowest BCUT2D eigenvalue weighted by molar-refractivity contribution is -0.142. The van der Waals surface area contributed by atoms with Gasteiger partial charge in [0.15, 0.2) is 0 Å². The van der Waals surface area contributed by atoms with Gasteiger partial charge in [0.2, 0.25) is 11.8 Å². The molecule has 0 aliphatic heterocycles. The van der Waals surface area contributed by atoms with Gasteiger partial charge in [0.25, 0.3) is 0 Å². The summed E-state index contributed by atoms with van der Waals surface area (Å²) in [5.41, 5.74) is 2.14. The number of rotatable bonds is 10. The monoisotopic (exact) mass is 447 g/mol. The number of hydrogen-bond donors (Lipinski definition) is 1. The molecule has 2 aromatic heterocycles. The molecule has 0 bridgehead atoms. The summed E-state index contributed by atoms with van der Waals surface area (Å²) in [6.07, 6.45) is 1.55. The zero-order valence-electron chi connectivity index (χ0n) is 18.3. The van der Waals surface area contributed by atoms with Crippen LogP contribution in [0.15, 0.2) is 77.4 Å². The van der Waals surface area contributed by atoms with Crippen LogP contribution >= 0.6 is 0 Å². The Morgan fingerprint density at radius 2 is 1.88 bits per heavy atom. The van der Waals surface area contributed by atoms with E-state index in [1.807, 2.05) is 54.6 Å². The van der Waals surface area contributed by atoms with Crippen molar-refractivity contribution in [3.05, 3.63) is 84.3 Å². The minimum Gasteiger partial charge on any atom is -0.467 e. The topological polar surface area (TPSA) is 102 Å². The molecule has 1 N–H and O–H groups in total. The Bertz CT molecular complexity index is 1190. The molecule has 1 atom stereocenters. The highest BCUT2D eigenvalue weighted by Gasteiger charge is 2.31. The van der Waals surface area contributed by atoms with Gasteiger partial charge in [-0.2, -0.15) is 0 Å². The van der Waals surface area contributed by atoms with Crippen molar-refractivity contribution in [3.63, 3.8) is 0 Å². The van der Waals surface area contributed by atoms with Crippen molar-refractivity contribution in [3.8, 4) is 0 Å². The van der Waals surface area contributed by atoms with E-state index in [1.165, 1.54) is 4.90 Å². The van der Waals surface area contributed by atoms with E-state index in [9.17, 15) is 9.59 Å². The number of fused-ring (bicyclic) bond motifs is 1. The molecule has 0 fully saturated rings. The van der Waals surface area contributed by atoms with Crippen molar-refractivity contribution in [1.82, 2.24) is 25.2 Å². The molecular formula is C24H25N5O4. The number of furan rings is 1. The largest absolute Gasteiger partial charge is 0.467 e. The van der Waals surface area contributed by atoms with Crippen LogP contribution in [0.4, 0.5) is 0 Å². The van der Waals surface area contributed by atoms with Gasteiger partial charge in [0.1, 0.15) is 23.9 Å². The SMILES string of the molecule is COCCN(C(=O)Cn1nnc2ccccc21)C(C(=O)NCc1ccco1)c1ccccc1. The Morgan fingerprint density at radius 1 is 1.09 bits per heavy atom. The second-order valence-corrected chi connectivity index (χ2v) is 7.43. The molecule has 170 valence electrons. The molecule has 0 saturated carbocycles. The van der Waals surface area contributed by atoms with E-state index in [2.05, 4.69) is 15.6 Å². The number of methoxy groups -OCH3 is 1. The molecule has 9 heteroatoms. The van der Waals surface area contributed by atoms with Crippen LogP contribution < -0.4 is 5.32 Å². The van der Waals surface area contributed by atoms with Crippen LogP contribution in [0, 0.1) is 0 Å². The molecule has 0 saturated heterocycles. The lowest BCUT2D eigenvalue weighted by Crippen LogP contribution is -2.46. The molecule has 0 radical (unpaired) electrons. The Kier molecular flexibility index (Phi) is 7.11. The molecule has 0 spiro atoms. The first kappa shape index (κ1) is 22.2. The second kappa shape index (κ2) is 10.6. The minimum absolute atomic E-state index is 0.0565. The van der Waals surface area contributed by atoms with Gasteiger partial charge in [-0.25, -0.2) is 4.68 Å². The van der Waals surface area contributed by atoms with E-state index in [0.717, 1.165) is 5.52 Å². The Balaban J connectivity index is 1.61. The van der Waals surface area contributed by atoms with E-state index < -0.39 is 6.04 Å². The Morgan fingerprint density at radius 3 is 2.64 bits per heavy atom. The first-order chi connectivity index (χ1) is 16.2. The van der Waals surface area contributed by atoms with E-state index in [1.54, 1.807) is 30.2 Å². The van der Waals surface area contributed by atoms with E-state index in [4.69, 9.17) is 9.15 Å². The predicted octanol–water partition coefficient (Wildman–Crippen LogP) is 2.56. The summed E-state index contributed by atoms with van der Waals surface area (Å²) in [4.78, 5) is 28.4. The zero-order valence-corrected chi connectivity index (χ0v) is 18.3. The van der Waals surface area contributed by atoms with Gasteiger partial charge >= 0.3 is 0 Å². The molecular weight excluding hydrogens is 422 g/mol. The van der Waals surface area contributed by atoms with Gasteiger partial charge in [0.05, 0.1) is 24.9 Å². The van der Waals surface area contributed by atoms with Crippen molar-refractivity contribution in [2.75, 3.05) is 20.3 Å². The number of nitrogens with zero attached hydrogens (tertiary/aromatic N) is 4. The maximum absolute atomic E-state index is 13.5. The summed E-state index contributed by atoms with van der Waals surface area (Å²) < 4.78 is 12.1. The molecule has 4 rings (SSSR count). The van der Waals surface area contributed by atoms with Crippen LogP contribution in [0.1, 0.15) is 17.4 Å². The van der Waals surface area contributed by atoms with Crippen LogP contribution in [0.5, 0.6) is 0 Å². The maximum atomic E-state index is 13.5. The normalized spacial score (nSPS) is 11.9. The van der Waals surface area contributed by atoms with Gasteiger partial charge < -0.3 is 19.4 Å². The van der Waals surface area contributed by atoms with Crippen molar-refractivity contribution >= 4 is 22.8 Å². The number of benzene rings is 2. The molecule has 4 aromatic rings. The fourth-order valence-electron chi connectivity index (χ4n) is 3.63. The van der Waals surface area contributed by atoms with Gasteiger partial charge in [-0.3, -0.25) is 9.59 Å². The van der Waals surface area contributed by atoms with Crippen molar-refractivity contribution in [1.29, 1.82) is 0 Å². The van der Waals surface area contributed by atoms with Gasteiger partial charge in [-0.05, 0) is 29.8 Å². The standard InChI is InChI=1S/C24H25N5O4/c1-32-15-13-28(22(30)17-29-21-12-6-5-11-20(21)26-27-29)23(18-8-3-2-4-9-18)24(31)25-16-19-10-7-14-33-19/h2-12,14,23H,13,15-17H2,1H3,(H,25,31). The molecule has 33 heavy (non-hydrogen) atoms. The summed E-state index contributed by atoms with van der Waals surface area (Å²) in [7, 11) is 1.56. The molecule has 0 aliphatic carbocycles. The third-order valence-electron chi connectivity index (χ3n) is 5.25. The highest BCUT2D eigenvalue weighted by Crippen LogP contribution is 2.22. The average molecular weight is 447 g/mol. The third-order valence-corrected chi connectivity index (χ3v) is 5.25. The number of hydrogen-bond acceptors (Lipinski definition) is 6. The lowest BCUT2D eigenvalue weighted by atomic mass is 10.0. The highest BCUT2D eigenvalue weighted by atomic mass is 16.5. The molecule has 9 nitrogen and oxygen atoms in total. The molecule has 0 aliphatic rings. The number of aromatic nitrogens is 3. The minimum atomic E-state index is -0.849. The molecule has 2 amide bonds. The van der Waals surface area contributed by atoms with Crippen LogP contribution in [0.2, 0.25) is 0 Å². The summed E-state index contributed by atoms with van der Waals surface area (Å²) in [5.74, 6) is 0.0363. The van der Waals surface area contributed by atoms with Gasteiger partial charge in [-0.15, -0.1) is 5.10 Å². The van der Waals surface area contributed by atoms with Crippen molar-refractivity contribution < 1.29 is 18.7 Å². The molecule has 2 heterocycles. The Labute approximate surface area is 190 Å². The third kappa shape index (κ3) is 5.27. The Hall–Kier alpha value is -3.98. The van der Waals surface area contributed by atoms with Crippen LogP contribution in [-0.4, -0.2) is 52.0 Å². The second-order valence-electron chi connectivity index (χ2n) is 7.43. The smallest absolute Gasteiger partial charge is 0.247 e. The first-order valence-corrected chi connectivity index (χ1v) is 10.6. The number of carbonyl (C=O) groups excluding carboxylic acids is 2. The average Bonchev–Trinajstić information content (AvgIpc) is 3.51. The quantitative estimate of drug-likeness (QED) is 0.401. The highest BCUT2D eigenvalue weighted by molar-refractivity contribution is 5.89. The number of para-hydroxylation sites is 1. The number of nitrogens with one attached hydrogen (secondary N) is 1. The van der Waals surface area contributed by atoms with E-state index >= 15 is 0 Å². The lowest BCUT2D eigenvalue weighted by Gasteiger charge is -2.31. The predicted molar refractivity (Wildman–Crippen MR) is 121 cm³/mol. The van der Waals surface area contributed by atoms with Crippen molar-refractivity contribution in [2.45, 2.75) is 19.1 Å².